The number of hydrogen-bond acceptors (Lipinski definition) is 0. The molecule has 2 heteroatoms. The van der Waals surface area contributed by atoms with Crippen molar-refractivity contribution >= 4 is 28.4 Å². The SMILES string of the molecule is CCc1[c-]c2ccccc2c(-c2ccccc2)c1.CCc1cc2ccccc2[cH-]1.[CH2-]CCC.[CH2-]CCC.[CH3-].[CH3-].[Si]=[Zr]. The molecule has 0 heterocycles. The quantitative estimate of drug-likeness (QED) is 0.133. The minimum absolute atomic E-state index is 0. The molecule has 0 nitrogen and oxygen atoms in total. The van der Waals surface area contributed by atoms with E-state index in [1.165, 1.54) is 80.0 Å². The van der Waals surface area contributed by atoms with Gasteiger partial charge in [0.05, 0.1) is 0 Å². The zero-order valence-corrected chi connectivity index (χ0v) is 29.9. The van der Waals surface area contributed by atoms with E-state index < -0.39 is 0 Å². The van der Waals surface area contributed by atoms with Crippen LogP contribution in [-0.2, 0) is 36.2 Å². The number of aryl methyl sites for hydroxylation is 2. The third kappa shape index (κ3) is 14.5. The number of fused-ring (bicyclic) bond motifs is 2. The van der Waals surface area contributed by atoms with Crippen LogP contribution in [0.4, 0.5) is 0 Å². The summed E-state index contributed by atoms with van der Waals surface area (Å²) in [4.78, 5) is 0. The molecule has 0 fully saturated rings. The standard InChI is InChI=1S/C18H15.C11H11.2C4H9.2CH3.Si.Zr/c1-2-14-12-16-10-6-7-11-17(16)18(13-14)15-8-4-3-5-9-15;1-2-9-7-10-5-3-4-6-11(10)8-9;2*1-3-4-2;;;;/h3-11,13H,2H2,1H3;3-8H,2H2,1H3;2*1,3-4H2,2H3;2*1H3;;/q6*-1;;. The first-order valence-corrected chi connectivity index (χ1v) is 18.3. The summed E-state index contributed by atoms with van der Waals surface area (Å²) in [5.41, 5.74) is 5.29. The van der Waals surface area contributed by atoms with Crippen LogP contribution in [0.25, 0.3) is 32.7 Å². The average molecular weight is 638 g/mol. The van der Waals surface area contributed by atoms with Crippen LogP contribution in [0.2, 0.25) is 0 Å². The van der Waals surface area contributed by atoms with Crippen molar-refractivity contribution in [3.8, 4) is 11.1 Å². The Balaban J connectivity index is 0. The Morgan fingerprint density at radius 3 is 1.78 bits per heavy atom. The van der Waals surface area contributed by atoms with Crippen LogP contribution in [0.15, 0.2) is 97.1 Å². The van der Waals surface area contributed by atoms with Gasteiger partial charge in [-0.05, 0) is 18.4 Å². The second-order valence-electron chi connectivity index (χ2n) is 9.03. The first kappa shape index (κ1) is 41.0. The third-order valence-corrected chi connectivity index (χ3v) is 6.09. The van der Waals surface area contributed by atoms with Gasteiger partial charge in [0.1, 0.15) is 0 Å². The molecule has 0 unspecified atom stereocenters. The summed E-state index contributed by atoms with van der Waals surface area (Å²) in [6, 6.07) is 37.8. The molecular formula is C39H50SiZr-6. The molecule has 220 valence electrons. The van der Waals surface area contributed by atoms with Crippen LogP contribution < -0.4 is 0 Å². The van der Waals surface area contributed by atoms with Crippen LogP contribution in [-0.4, -0.2) is 6.88 Å². The van der Waals surface area contributed by atoms with Crippen LogP contribution >= 0.6 is 0 Å². The van der Waals surface area contributed by atoms with E-state index in [0.717, 1.165) is 25.7 Å². The van der Waals surface area contributed by atoms with E-state index in [2.05, 4.69) is 152 Å². The number of unbranched alkanes of at least 4 members (excludes halogenated alkanes) is 2. The molecule has 2 radical (unpaired) electrons. The zero-order valence-electron chi connectivity index (χ0n) is 26.4. The van der Waals surface area contributed by atoms with Gasteiger partial charge in [-0.25, -0.2) is 0 Å². The Morgan fingerprint density at radius 1 is 0.707 bits per heavy atom. The summed E-state index contributed by atoms with van der Waals surface area (Å²) in [6.45, 7) is 18.9. The van der Waals surface area contributed by atoms with E-state index in [-0.39, 0.29) is 14.9 Å². The van der Waals surface area contributed by atoms with Crippen molar-refractivity contribution in [1.82, 2.24) is 0 Å². The topological polar surface area (TPSA) is 0 Å². The van der Waals surface area contributed by atoms with E-state index in [1.54, 1.807) is 0 Å². The molecule has 0 bridgehead atoms. The fraction of sp³-hybridized carbons (Fsp3) is 0.256. The fourth-order valence-corrected chi connectivity index (χ4v) is 3.75. The second-order valence-corrected chi connectivity index (χ2v) is 9.03. The van der Waals surface area contributed by atoms with Gasteiger partial charge in [0.15, 0.2) is 0 Å². The molecule has 0 atom stereocenters. The van der Waals surface area contributed by atoms with E-state index in [9.17, 15) is 0 Å². The maximum atomic E-state index is 3.60. The van der Waals surface area contributed by atoms with Crippen molar-refractivity contribution in [2.75, 3.05) is 0 Å². The van der Waals surface area contributed by atoms with Gasteiger partial charge >= 0.3 is 30.2 Å². The monoisotopic (exact) mass is 636 g/mol. The molecule has 5 aromatic carbocycles. The normalized spacial score (nSPS) is 9.10. The summed E-state index contributed by atoms with van der Waals surface area (Å²) in [5, 5.41) is 5.21. The molecule has 0 aliphatic heterocycles. The van der Waals surface area contributed by atoms with Crippen molar-refractivity contribution in [3.63, 3.8) is 0 Å². The van der Waals surface area contributed by atoms with Gasteiger partial charge in [-0.1, -0.05) is 94.6 Å². The summed E-state index contributed by atoms with van der Waals surface area (Å²) in [6.07, 6.45) is 6.71. The molecule has 0 aromatic heterocycles. The van der Waals surface area contributed by atoms with Crippen LogP contribution in [0.5, 0.6) is 0 Å². The van der Waals surface area contributed by atoms with Crippen molar-refractivity contribution in [2.45, 2.75) is 66.2 Å². The molecule has 5 aromatic rings. The van der Waals surface area contributed by atoms with E-state index in [0.29, 0.717) is 0 Å². The molecule has 0 saturated heterocycles. The average Bonchev–Trinajstić information content (AvgIpc) is 3.46. The Hall–Kier alpha value is -2.15. The van der Waals surface area contributed by atoms with E-state index >= 15 is 0 Å². The van der Waals surface area contributed by atoms with E-state index in [1.807, 2.05) is 0 Å². The van der Waals surface area contributed by atoms with Gasteiger partial charge in [-0.3, -0.25) is 0 Å². The third-order valence-electron chi connectivity index (χ3n) is 6.09. The van der Waals surface area contributed by atoms with Gasteiger partial charge in [0.2, 0.25) is 0 Å². The molecule has 5 rings (SSSR count). The molecule has 0 N–H and O–H groups in total. The van der Waals surface area contributed by atoms with Gasteiger partial charge in [-0.2, -0.15) is 18.9 Å². The molecule has 41 heavy (non-hydrogen) atoms. The Morgan fingerprint density at radius 2 is 1.24 bits per heavy atom. The van der Waals surface area contributed by atoms with Crippen molar-refractivity contribution in [3.05, 3.63) is 143 Å². The maximum absolute atomic E-state index is 3.60. The Bertz CT molecular complexity index is 1260. The van der Waals surface area contributed by atoms with Gasteiger partial charge < -0.3 is 28.7 Å². The van der Waals surface area contributed by atoms with Crippen molar-refractivity contribution < 1.29 is 23.3 Å². The minimum atomic E-state index is 0. The molecular weight excluding hydrogens is 588 g/mol. The summed E-state index contributed by atoms with van der Waals surface area (Å²) < 4.78 is 0. The molecule has 0 amide bonds. The first-order chi connectivity index (χ1) is 19.1. The van der Waals surface area contributed by atoms with Crippen LogP contribution in [0.1, 0.15) is 64.5 Å². The van der Waals surface area contributed by atoms with Crippen molar-refractivity contribution in [2.24, 2.45) is 0 Å². The molecule has 0 spiro atoms. The second kappa shape index (κ2) is 25.6. The predicted octanol–water partition coefficient (Wildman–Crippen LogP) is 11.7. The van der Waals surface area contributed by atoms with Crippen LogP contribution in [0.3, 0.4) is 0 Å². The van der Waals surface area contributed by atoms with Crippen molar-refractivity contribution in [1.29, 1.82) is 0 Å². The summed E-state index contributed by atoms with van der Waals surface area (Å²) in [7, 11) is 0. The number of rotatable bonds is 5. The van der Waals surface area contributed by atoms with E-state index in [4.69, 9.17) is 0 Å². The van der Waals surface area contributed by atoms with Gasteiger partial charge in [0.25, 0.3) is 0 Å². The Kier molecular flexibility index (Phi) is 25.5. The van der Waals surface area contributed by atoms with Gasteiger partial charge in [0, 0.05) is 0 Å². The van der Waals surface area contributed by atoms with Gasteiger partial charge in [-0.15, -0.1) is 81.2 Å². The molecule has 0 saturated carbocycles. The molecule has 0 aliphatic rings. The predicted molar refractivity (Wildman–Crippen MR) is 186 cm³/mol. The zero-order chi connectivity index (χ0) is 28.9. The van der Waals surface area contributed by atoms with Crippen LogP contribution in [0, 0.1) is 34.8 Å². The Labute approximate surface area is 270 Å². The summed E-state index contributed by atoms with van der Waals surface area (Å²) >= 11 is 1.36. The molecule has 0 aliphatic carbocycles. The summed E-state index contributed by atoms with van der Waals surface area (Å²) in [5.74, 6) is 0. The number of hydrogen-bond donors (Lipinski definition) is 0. The fourth-order valence-electron chi connectivity index (χ4n) is 3.75. The number of benzene rings is 4. The first-order valence-electron chi connectivity index (χ1n) is 14.1.